The summed E-state index contributed by atoms with van der Waals surface area (Å²) < 4.78 is 33.5. The maximum absolute atomic E-state index is 13.7. The number of fused-ring (bicyclic) bond motifs is 1. The molecule has 1 saturated heterocycles. The topological polar surface area (TPSA) is 99.1 Å². The van der Waals surface area contributed by atoms with Crippen LogP contribution in [0.2, 0.25) is 0 Å². The van der Waals surface area contributed by atoms with Gasteiger partial charge in [0, 0.05) is 6.42 Å². The van der Waals surface area contributed by atoms with Crippen molar-refractivity contribution in [3.8, 4) is 5.75 Å². The summed E-state index contributed by atoms with van der Waals surface area (Å²) in [4.78, 5) is 8.28. The number of nitrogens with one attached hydrogen (secondary N) is 1. The van der Waals surface area contributed by atoms with Gasteiger partial charge in [-0.25, -0.2) is 13.8 Å². The molecule has 0 bridgehead atoms. The predicted octanol–water partition coefficient (Wildman–Crippen LogP) is 3.06. The molecule has 8 heteroatoms. The summed E-state index contributed by atoms with van der Waals surface area (Å²) in [7, 11) is 0. The van der Waals surface area contributed by atoms with Crippen LogP contribution in [0.1, 0.15) is 18.4 Å². The zero-order chi connectivity index (χ0) is 20.4. The van der Waals surface area contributed by atoms with E-state index >= 15 is 0 Å². The summed E-state index contributed by atoms with van der Waals surface area (Å²) in [5, 5.41) is 3.94. The van der Waals surface area contributed by atoms with Gasteiger partial charge in [-0.15, -0.1) is 0 Å². The number of nitrogen functional groups attached to an aromatic ring is 2. The molecule has 1 aliphatic heterocycles. The first-order valence-corrected chi connectivity index (χ1v) is 9.64. The fraction of sp³-hybridized carbons (Fsp3) is 0.333. The minimum absolute atomic E-state index is 0.101. The third-order valence-electron chi connectivity index (χ3n) is 5.34. The van der Waals surface area contributed by atoms with Crippen LogP contribution >= 0.6 is 0 Å². The highest BCUT2D eigenvalue weighted by Crippen LogP contribution is 2.33. The van der Waals surface area contributed by atoms with Crippen molar-refractivity contribution >= 4 is 22.7 Å². The Morgan fingerprint density at radius 3 is 2.62 bits per heavy atom. The summed E-state index contributed by atoms with van der Waals surface area (Å²) in [6.07, 6.45) is 2.08. The predicted molar refractivity (Wildman–Crippen MR) is 108 cm³/mol. The summed E-state index contributed by atoms with van der Waals surface area (Å²) in [6.45, 7) is 1.78. The fourth-order valence-electron chi connectivity index (χ4n) is 3.88. The molecule has 1 aromatic heterocycles. The number of aromatic nitrogens is 2. The molecule has 5 N–H and O–H groups in total. The number of rotatable bonds is 5. The lowest BCUT2D eigenvalue weighted by Crippen LogP contribution is -2.38. The molecule has 3 aromatic rings. The number of halogens is 2. The molecule has 0 saturated carbocycles. The van der Waals surface area contributed by atoms with Gasteiger partial charge in [0.05, 0.1) is 10.9 Å². The molecule has 2 aromatic carbocycles. The molecule has 0 aliphatic carbocycles. The number of ether oxygens (including phenoxy) is 1. The van der Waals surface area contributed by atoms with Crippen LogP contribution in [0.4, 0.5) is 20.5 Å². The van der Waals surface area contributed by atoms with Gasteiger partial charge in [-0.3, -0.25) is 0 Å². The Hall–Kier alpha value is -3.00. The summed E-state index contributed by atoms with van der Waals surface area (Å²) in [6, 6.07) is 9.41. The lowest BCUT2D eigenvalue weighted by molar-refractivity contribution is 0.113. The molecule has 0 spiro atoms. The van der Waals surface area contributed by atoms with Gasteiger partial charge >= 0.3 is 0 Å². The second-order valence-electron chi connectivity index (χ2n) is 7.31. The second-order valence-corrected chi connectivity index (χ2v) is 7.31. The van der Waals surface area contributed by atoms with Crippen LogP contribution in [-0.4, -0.2) is 29.2 Å². The Bertz CT molecular complexity index is 1020. The number of hydrogen-bond donors (Lipinski definition) is 3. The lowest BCUT2D eigenvalue weighted by Gasteiger charge is -2.31. The Balaban J connectivity index is 1.68. The first kappa shape index (κ1) is 19.3. The van der Waals surface area contributed by atoms with E-state index in [4.69, 9.17) is 16.2 Å². The van der Waals surface area contributed by atoms with Crippen molar-refractivity contribution in [1.29, 1.82) is 0 Å². The highest BCUT2D eigenvalue weighted by atomic mass is 19.2. The minimum Gasteiger partial charge on any atom is -0.489 e. The SMILES string of the molecule is Nc1nc(N)c2c(OC(Cc3ccc(F)c(F)c3)C3CCNCC3)cccc2n1. The van der Waals surface area contributed by atoms with E-state index in [1.165, 1.54) is 6.07 Å². The molecule has 29 heavy (non-hydrogen) atoms. The first-order chi connectivity index (χ1) is 14.0. The monoisotopic (exact) mass is 399 g/mol. The standard InChI is InChI=1S/C21H23F2N5O/c22-14-5-4-12(10-15(14)23)11-18(13-6-8-26-9-7-13)29-17-3-1-2-16-19(17)20(24)28-21(25)27-16/h1-5,10,13,18,26H,6-9,11H2,(H4,24,25,27,28). The largest absolute Gasteiger partial charge is 0.489 e. The number of benzene rings is 2. The molecule has 1 unspecified atom stereocenters. The van der Waals surface area contributed by atoms with Crippen molar-refractivity contribution in [2.75, 3.05) is 24.6 Å². The number of hydrogen-bond acceptors (Lipinski definition) is 6. The van der Waals surface area contributed by atoms with E-state index in [2.05, 4.69) is 15.3 Å². The van der Waals surface area contributed by atoms with E-state index in [0.29, 0.717) is 28.6 Å². The number of anilines is 2. The molecular formula is C21H23F2N5O. The minimum atomic E-state index is -0.857. The molecule has 4 rings (SSSR count). The number of nitrogens with zero attached hydrogens (tertiary/aromatic N) is 2. The van der Waals surface area contributed by atoms with Crippen LogP contribution in [0.5, 0.6) is 5.75 Å². The molecule has 1 atom stereocenters. The average molecular weight is 399 g/mol. The average Bonchev–Trinajstić information content (AvgIpc) is 2.70. The Kier molecular flexibility index (Phi) is 5.44. The number of piperidine rings is 1. The van der Waals surface area contributed by atoms with Gasteiger partial charge in [0.1, 0.15) is 17.7 Å². The maximum atomic E-state index is 13.7. The van der Waals surface area contributed by atoms with E-state index in [1.54, 1.807) is 12.1 Å². The smallest absolute Gasteiger partial charge is 0.222 e. The molecule has 1 aliphatic rings. The van der Waals surface area contributed by atoms with Gasteiger partial charge in [0.25, 0.3) is 0 Å². The van der Waals surface area contributed by atoms with Crippen LogP contribution in [-0.2, 0) is 6.42 Å². The maximum Gasteiger partial charge on any atom is 0.222 e. The van der Waals surface area contributed by atoms with E-state index in [1.807, 2.05) is 12.1 Å². The van der Waals surface area contributed by atoms with Crippen molar-refractivity contribution in [3.05, 3.63) is 53.6 Å². The van der Waals surface area contributed by atoms with Crippen molar-refractivity contribution in [1.82, 2.24) is 15.3 Å². The fourth-order valence-corrected chi connectivity index (χ4v) is 3.88. The lowest BCUT2D eigenvalue weighted by atomic mass is 9.88. The van der Waals surface area contributed by atoms with Crippen LogP contribution in [0.25, 0.3) is 10.9 Å². The number of nitrogens with two attached hydrogens (primary N) is 2. The van der Waals surface area contributed by atoms with Gasteiger partial charge in [-0.2, -0.15) is 4.98 Å². The molecule has 152 valence electrons. The molecule has 0 amide bonds. The molecule has 0 radical (unpaired) electrons. The Morgan fingerprint density at radius 1 is 1.07 bits per heavy atom. The molecular weight excluding hydrogens is 376 g/mol. The van der Waals surface area contributed by atoms with Crippen LogP contribution in [0, 0.1) is 17.6 Å². The summed E-state index contributed by atoms with van der Waals surface area (Å²) in [5.74, 6) is -0.542. The van der Waals surface area contributed by atoms with Gasteiger partial charge in [-0.1, -0.05) is 12.1 Å². The van der Waals surface area contributed by atoms with Gasteiger partial charge in [-0.05, 0) is 61.7 Å². The third kappa shape index (κ3) is 4.22. The van der Waals surface area contributed by atoms with Crippen molar-refractivity contribution in [2.24, 2.45) is 5.92 Å². The van der Waals surface area contributed by atoms with Crippen molar-refractivity contribution in [3.63, 3.8) is 0 Å². The summed E-state index contributed by atoms with van der Waals surface area (Å²) in [5.41, 5.74) is 13.1. The van der Waals surface area contributed by atoms with E-state index in [0.717, 1.165) is 32.0 Å². The van der Waals surface area contributed by atoms with E-state index < -0.39 is 11.6 Å². The van der Waals surface area contributed by atoms with E-state index in [-0.39, 0.29) is 23.8 Å². The van der Waals surface area contributed by atoms with E-state index in [9.17, 15) is 8.78 Å². The molecule has 1 fully saturated rings. The zero-order valence-electron chi connectivity index (χ0n) is 15.9. The van der Waals surface area contributed by atoms with Gasteiger partial charge < -0.3 is 21.5 Å². The highest BCUT2D eigenvalue weighted by molar-refractivity contribution is 5.94. The van der Waals surface area contributed by atoms with Gasteiger partial charge in [0.15, 0.2) is 11.6 Å². The normalized spacial score (nSPS) is 16.1. The first-order valence-electron chi connectivity index (χ1n) is 9.64. The molecule has 6 nitrogen and oxygen atoms in total. The highest BCUT2D eigenvalue weighted by Gasteiger charge is 2.27. The Morgan fingerprint density at radius 2 is 1.86 bits per heavy atom. The van der Waals surface area contributed by atoms with Crippen LogP contribution in [0.3, 0.4) is 0 Å². The third-order valence-corrected chi connectivity index (χ3v) is 5.34. The van der Waals surface area contributed by atoms with Crippen molar-refractivity contribution < 1.29 is 13.5 Å². The Labute approximate surface area is 167 Å². The zero-order valence-corrected chi connectivity index (χ0v) is 15.9. The van der Waals surface area contributed by atoms with Crippen LogP contribution < -0.4 is 21.5 Å². The van der Waals surface area contributed by atoms with Crippen LogP contribution in [0.15, 0.2) is 36.4 Å². The quantitative estimate of drug-likeness (QED) is 0.610. The summed E-state index contributed by atoms with van der Waals surface area (Å²) >= 11 is 0. The molecule has 2 heterocycles. The van der Waals surface area contributed by atoms with Gasteiger partial charge in [0.2, 0.25) is 5.95 Å². The second kappa shape index (κ2) is 8.16. The van der Waals surface area contributed by atoms with Crippen molar-refractivity contribution in [2.45, 2.75) is 25.4 Å².